The molecular formula is C13H17ClO5. The van der Waals surface area contributed by atoms with E-state index in [4.69, 9.17) is 25.8 Å². The van der Waals surface area contributed by atoms with Crippen LogP contribution in [0.25, 0.3) is 0 Å². The van der Waals surface area contributed by atoms with Crippen LogP contribution in [0.2, 0.25) is 0 Å². The molecule has 5 nitrogen and oxygen atoms in total. The van der Waals surface area contributed by atoms with E-state index in [1.807, 2.05) is 0 Å². The van der Waals surface area contributed by atoms with Crippen molar-refractivity contribution in [1.82, 2.24) is 0 Å². The number of carbonyl (C=O) groups is 1. The van der Waals surface area contributed by atoms with Gasteiger partial charge in [-0.2, -0.15) is 0 Å². The van der Waals surface area contributed by atoms with E-state index >= 15 is 0 Å². The van der Waals surface area contributed by atoms with E-state index in [0.29, 0.717) is 23.7 Å². The highest BCUT2D eigenvalue weighted by Gasteiger charge is 2.13. The standard InChI is InChI=1S/C13H17ClO5/c1-3-18-13(16)9-4-5-11(17-2)12(6-9)19-8-10(15)7-14/h4-6,10,15H,3,7-8H2,1-2H3. The minimum absolute atomic E-state index is 0.0200. The van der Waals surface area contributed by atoms with Gasteiger partial charge in [0, 0.05) is 0 Å². The van der Waals surface area contributed by atoms with Crippen LogP contribution >= 0.6 is 11.6 Å². The smallest absolute Gasteiger partial charge is 0.338 e. The third-order valence-electron chi connectivity index (χ3n) is 2.28. The van der Waals surface area contributed by atoms with E-state index in [2.05, 4.69) is 0 Å². The van der Waals surface area contributed by atoms with Gasteiger partial charge in [0.15, 0.2) is 11.5 Å². The number of esters is 1. The molecule has 0 aliphatic carbocycles. The summed E-state index contributed by atoms with van der Waals surface area (Å²) in [5.74, 6) is 0.458. The molecule has 1 unspecified atom stereocenters. The van der Waals surface area contributed by atoms with Gasteiger partial charge in [0.1, 0.15) is 12.7 Å². The second kappa shape index (κ2) is 7.86. The maximum Gasteiger partial charge on any atom is 0.338 e. The number of aliphatic hydroxyl groups is 1. The number of hydrogen-bond donors (Lipinski definition) is 1. The van der Waals surface area contributed by atoms with E-state index < -0.39 is 12.1 Å². The molecule has 0 bridgehead atoms. The zero-order valence-electron chi connectivity index (χ0n) is 10.9. The maximum absolute atomic E-state index is 11.6. The topological polar surface area (TPSA) is 65.0 Å². The van der Waals surface area contributed by atoms with Crippen molar-refractivity contribution in [1.29, 1.82) is 0 Å². The predicted molar refractivity (Wildman–Crippen MR) is 71.2 cm³/mol. The van der Waals surface area contributed by atoms with Gasteiger partial charge in [-0.3, -0.25) is 0 Å². The normalized spacial score (nSPS) is 11.8. The molecule has 0 spiro atoms. The average Bonchev–Trinajstić information content (AvgIpc) is 2.44. The number of carbonyl (C=O) groups excluding carboxylic acids is 1. The molecule has 0 saturated heterocycles. The van der Waals surface area contributed by atoms with Crippen LogP contribution in [0, 0.1) is 0 Å². The van der Waals surface area contributed by atoms with Crippen LogP contribution in [0.3, 0.4) is 0 Å². The van der Waals surface area contributed by atoms with Gasteiger partial charge >= 0.3 is 5.97 Å². The molecule has 1 aromatic carbocycles. The Bertz CT molecular complexity index is 421. The van der Waals surface area contributed by atoms with Gasteiger partial charge in [0.25, 0.3) is 0 Å². The summed E-state index contributed by atoms with van der Waals surface area (Å²) >= 11 is 5.48. The summed E-state index contributed by atoms with van der Waals surface area (Å²) in [5.41, 5.74) is 0.359. The highest BCUT2D eigenvalue weighted by atomic mass is 35.5. The first-order chi connectivity index (χ1) is 9.12. The first kappa shape index (κ1) is 15.6. The average molecular weight is 289 g/mol. The van der Waals surface area contributed by atoms with Crippen molar-refractivity contribution in [3.63, 3.8) is 0 Å². The summed E-state index contributed by atoms with van der Waals surface area (Å²) in [6.07, 6.45) is -0.780. The van der Waals surface area contributed by atoms with Crippen LogP contribution in [-0.2, 0) is 4.74 Å². The van der Waals surface area contributed by atoms with Crippen molar-refractivity contribution in [2.24, 2.45) is 0 Å². The zero-order valence-corrected chi connectivity index (χ0v) is 11.6. The van der Waals surface area contributed by atoms with Crippen LogP contribution in [0.15, 0.2) is 18.2 Å². The third kappa shape index (κ3) is 4.61. The number of ether oxygens (including phenoxy) is 3. The zero-order chi connectivity index (χ0) is 14.3. The second-order valence-electron chi connectivity index (χ2n) is 3.71. The Morgan fingerprint density at radius 3 is 2.74 bits per heavy atom. The van der Waals surface area contributed by atoms with Gasteiger partial charge in [-0.15, -0.1) is 11.6 Å². The molecule has 0 aliphatic rings. The monoisotopic (exact) mass is 288 g/mol. The number of methoxy groups -OCH3 is 1. The maximum atomic E-state index is 11.6. The Balaban J connectivity index is 2.86. The molecule has 6 heteroatoms. The van der Waals surface area contributed by atoms with E-state index in [0.717, 1.165) is 0 Å². The molecule has 0 radical (unpaired) electrons. The number of alkyl halides is 1. The van der Waals surface area contributed by atoms with E-state index in [9.17, 15) is 9.90 Å². The van der Waals surface area contributed by atoms with Crippen molar-refractivity contribution in [2.75, 3.05) is 26.2 Å². The lowest BCUT2D eigenvalue weighted by atomic mass is 10.2. The summed E-state index contributed by atoms with van der Waals surface area (Å²) in [4.78, 5) is 11.6. The van der Waals surface area contributed by atoms with Gasteiger partial charge in [0.2, 0.25) is 0 Å². The fourth-order valence-corrected chi connectivity index (χ4v) is 1.45. The Labute approximate surface area is 117 Å². The molecule has 106 valence electrons. The van der Waals surface area contributed by atoms with E-state index in [1.54, 1.807) is 19.1 Å². The summed E-state index contributed by atoms with van der Waals surface area (Å²) in [6, 6.07) is 4.70. The number of halogens is 1. The number of aliphatic hydroxyl groups excluding tert-OH is 1. The molecule has 1 N–H and O–H groups in total. The van der Waals surface area contributed by atoms with Gasteiger partial charge in [-0.25, -0.2) is 4.79 Å². The van der Waals surface area contributed by atoms with Crippen LogP contribution in [0.1, 0.15) is 17.3 Å². The molecule has 0 saturated carbocycles. The van der Waals surface area contributed by atoms with Gasteiger partial charge < -0.3 is 19.3 Å². The van der Waals surface area contributed by atoms with Crippen molar-refractivity contribution in [2.45, 2.75) is 13.0 Å². The molecule has 0 aromatic heterocycles. The van der Waals surface area contributed by atoms with Crippen LogP contribution in [0.5, 0.6) is 11.5 Å². The van der Waals surface area contributed by atoms with Gasteiger partial charge in [-0.05, 0) is 25.1 Å². The van der Waals surface area contributed by atoms with Crippen LogP contribution < -0.4 is 9.47 Å². The molecule has 0 heterocycles. The van der Waals surface area contributed by atoms with Crippen molar-refractivity contribution < 1.29 is 24.1 Å². The molecule has 0 amide bonds. The van der Waals surface area contributed by atoms with E-state index in [1.165, 1.54) is 13.2 Å². The Kier molecular flexibility index (Phi) is 6.45. The van der Waals surface area contributed by atoms with E-state index in [-0.39, 0.29) is 12.5 Å². The summed E-state index contributed by atoms with van der Waals surface area (Å²) < 4.78 is 15.4. The summed E-state index contributed by atoms with van der Waals surface area (Å²) in [7, 11) is 1.49. The molecular weight excluding hydrogens is 272 g/mol. The first-order valence-electron chi connectivity index (χ1n) is 5.84. The van der Waals surface area contributed by atoms with Gasteiger partial charge in [-0.1, -0.05) is 0 Å². The highest BCUT2D eigenvalue weighted by Crippen LogP contribution is 2.28. The van der Waals surface area contributed by atoms with Crippen molar-refractivity contribution in [3.8, 4) is 11.5 Å². The predicted octanol–water partition coefficient (Wildman–Crippen LogP) is 1.85. The third-order valence-corrected chi connectivity index (χ3v) is 2.64. The quantitative estimate of drug-likeness (QED) is 0.613. The minimum Gasteiger partial charge on any atom is -0.493 e. The lowest BCUT2D eigenvalue weighted by Crippen LogP contribution is -2.19. The number of hydrogen-bond acceptors (Lipinski definition) is 5. The Morgan fingerprint density at radius 2 is 2.16 bits per heavy atom. The lowest BCUT2D eigenvalue weighted by molar-refractivity contribution is 0.0525. The first-order valence-corrected chi connectivity index (χ1v) is 6.37. The lowest BCUT2D eigenvalue weighted by Gasteiger charge is -2.13. The number of benzene rings is 1. The fourth-order valence-electron chi connectivity index (χ4n) is 1.36. The molecule has 0 aliphatic heterocycles. The molecule has 1 aromatic rings. The van der Waals surface area contributed by atoms with Crippen molar-refractivity contribution in [3.05, 3.63) is 23.8 Å². The van der Waals surface area contributed by atoms with Crippen LogP contribution in [0.4, 0.5) is 0 Å². The molecule has 1 atom stereocenters. The minimum atomic E-state index is -0.780. The second-order valence-corrected chi connectivity index (χ2v) is 4.01. The Hall–Kier alpha value is -1.46. The van der Waals surface area contributed by atoms with Gasteiger partial charge in [0.05, 0.1) is 25.2 Å². The highest BCUT2D eigenvalue weighted by molar-refractivity contribution is 6.18. The summed E-state index contributed by atoms with van der Waals surface area (Å²) in [5, 5.41) is 9.36. The molecule has 0 fully saturated rings. The fraction of sp³-hybridized carbons (Fsp3) is 0.462. The molecule has 1 rings (SSSR count). The van der Waals surface area contributed by atoms with Crippen LogP contribution in [-0.4, -0.2) is 43.4 Å². The summed E-state index contributed by atoms with van der Waals surface area (Å²) in [6.45, 7) is 2.05. The SMILES string of the molecule is CCOC(=O)c1ccc(OC)c(OCC(O)CCl)c1. The van der Waals surface area contributed by atoms with Crippen molar-refractivity contribution >= 4 is 17.6 Å². The number of rotatable bonds is 7. The largest absolute Gasteiger partial charge is 0.493 e. The molecule has 19 heavy (non-hydrogen) atoms. The Morgan fingerprint density at radius 1 is 1.42 bits per heavy atom.